The van der Waals surface area contributed by atoms with Crippen molar-refractivity contribution in [3.8, 4) is 11.5 Å². The van der Waals surface area contributed by atoms with E-state index in [4.69, 9.17) is 20.4 Å². The van der Waals surface area contributed by atoms with Crippen molar-refractivity contribution in [2.24, 2.45) is 0 Å². The maximum absolute atomic E-state index is 14.0. The van der Waals surface area contributed by atoms with Crippen LogP contribution >= 0.6 is 23.0 Å². The lowest BCUT2D eigenvalue weighted by molar-refractivity contribution is -0.124. The lowest BCUT2D eigenvalue weighted by Gasteiger charge is -2.16. The van der Waals surface area contributed by atoms with Gasteiger partial charge in [-0.15, -0.1) is 0 Å². The first-order valence-corrected chi connectivity index (χ1v) is 11.5. The number of amides is 2. The van der Waals surface area contributed by atoms with Crippen molar-refractivity contribution in [2.75, 3.05) is 26.3 Å². The number of aromatic nitrogens is 1. The van der Waals surface area contributed by atoms with Gasteiger partial charge in [-0.3, -0.25) is 14.6 Å². The van der Waals surface area contributed by atoms with Crippen molar-refractivity contribution in [3.63, 3.8) is 0 Å². The number of ether oxygens (including phenoxy) is 2. The number of benzene rings is 1. The van der Waals surface area contributed by atoms with Gasteiger partial charge in [-0.2, -0.15) is 0 Å². The predicted octanol–water partition coefficient (Wildman–Crippen LogP) is 2.20. The number of nitrogens with zero attached hydrogens (tertiary/aromatic N) is 1. The van der Waals surface area contributed by atoms with E-state index < -0.39 is 5.67 Å². The molecule has 0 spiro atoms. The Morgan fingerprint density at radius 2 is 1.79 bits per heavy atom. The Bertz CT molecular complexity index is 974. The first-order valence-electron chi connectivity index (χ1n) is 10.7. The molecule has 2 aromatic rings. The highest BCUT2D eigenvalue weighted by molar-refractivity contribution is 14.1. The molecule has 34 heavy (non-hydrogen) atoms. The lowest BCUT2D eigenvalue weighted by atomic mass is 9.91. The highest BCUT2D eigenvalue weighted by atomic mass is 127. The minimum atomic E-state index is -1.56. The van der Waals surface area contributed by atoms with Crippen LogP contribution in [0.3, 0.4) is 0 Å². The number of hydrogen-bond acceptors (Lipinski definition) is 6. The highest BCUT2D eigenvalue weighted by Crippen LogP contribution is 2.26. The molecule has 2 radical (unpaired) electrons. The second-order valence-electron chi connectivity index (χ2n) is 8.13. The van der Waals surface area contributed by atoms with E-state index in [0.29, 0.717) is 35.5 Å². The first kappa shape index (κ1) is 27.8. The third-order valence-electron chi connectivity index (χ3n) is 4.83. The smallest absolute Gasteiger partial charge is 0.258 e. The molecule has 0 fully saturated rings. The minimum absolute atomic E-state index is 0.137. The molecule has 2 amide bonds. The molecule has 0 aliphatic heterocycles. The van der Waals surface area contributed by atoms with Crippen molar-refractivity contribution >= 4 is 48.1 Å². The maximum Gasteiger partial charge on any atom is 0.258 e. The molecule has 11 heteroatoms. The van der Waals surface area contributed by atoms with Gasteiger partial charge in [-0.25, -0.2) is 4.39 Å². The van der Waals surface area contributed by atoms with Crippen molar-refractivity contribution in [1.29, 1.82) is 0 Å². The van der Waals surface area contributed by atoms with Crippen LogP contribution < -0.4 is 25.6 Å². The topological polar surface area (TPSA) is 98.8 Å². The number of nitrogens with one attached hydrogen (secondary N) is 2. The van der Waals surface area contributed by atoms with E-state index in [-0.39, 0.29) is 37.7 Å². The summed E-state index contributed by atoms with van der Waals surface area (Å²) < 4.78 is 30.2. The van der Waals surface area contributed by atoms with Crippen LogP contribution in [0.1, 0.15) is 31.4 Å². The van der Waals surface area contributed by atoms with Gasteiger partial charge in [0.1, 0.15) is 48.0 Å². The summed E-state index contributed by atoms with van der Waals surface area (Å²) in [4.78, 5) is 28.0. The van der Waals surface area contributed by atoms with Gasteiger partial charge in [0.25, 0.3) is 11.8 Å². The molecule has 8 nitrogen and oxygen atoms in total. The molecule has 1 unspecified atom stereocenters. The van der Waals surface area contributed by atoms with Crippen LogP contribution in [-0.4, -0.2) is 57.1 Å². The normalized spacial score (nSPS) is 12.0. The first-order chi connectivity index (χ1) is 16.1. The van der Waals surface area contributed by atoms with E-state index in [1.54, 1.807) is 35.1 Å². The van der Waals surface area contributed by atoms with E-state index in [1.165, 1.54) is 32.3 Å². The largest absolute Gasteiger partial charge is 0.484 e. The summed E-state index contributed by atoms with van der Waals surface area (Å²) >= 11 is 1.75. The average molecular weight is 583 g/mol. The molecule has 0 aliphatic rings. The van der Waals surface area contributed by atoms with Gasteiger partial charge < -0.3 is 23.2 Å². The number of aryl methyl sites for hydroxylation is 1. The van der Waals surface area contributed by atoms with Gasteiger partial charge in [0.2, 0.25) is 0 Å². The third kappa shape index (κ3) is 9.84. The van der Waals surface area contributed by atoms with Crippen LogP contribution in [0.25, 0.3) is 0 Å². The molecular weight excluding hydrogens is 555 g/mol. The van der Waals surface area contributed by atoms with Crippen molar-refractivity contribution < 1.29 is 26.5 Å². The van der Waals surface area contributed by atoms with Crippen molar-refractivity contribution in [2.45, 2.75) is 39.0 Å². The highest BCUT2D eigenvalue weighted by Gasteiger charge is 2.20. The molecule has 2 rings (SSSR count). The van der Waals surface area contributed by atoms with Crippen LogP contribution in [-0.2, 0) is 18.3 Å². The maximum atomic E-state index is 14.0. The third-order valence-corrected chi connectivity index (χ3v) is 5.55. The summed E-state index contributed by atoms with van der Waals surface area (Å²) in [5.74, 6) is 0.181. The molecule has 0 bridgehead atoms. The molecule has 2 N–H and O–H groups in total. The van der Waals surface area contributed by atoms with E-state index in [2.05, 4.69) is 15.6 Å². The van der Waals surface area contributed by atoms with Gasteiger partial charge in [-0.05, 0) is 45.4 Å². The number of carbonyl (C=O) groups excluding carboxylic acids is 2. The number of carbonyl (C=O) groups is 2. The number of rotatable bonds is 13. The summed E-state index contributed by atoms with van der Waals surface area (Å²) in [6, 6.07) is 6.75. The van der Waals surface area contributed by atoms with E-state index in [0.717, 1.165) is 5.56 Å². The molecule has 1 aromatic carbocycles. The minimum Gasteiger partial charge on any atom is -0.484 e. The van der Waals surface area contributed by atoms with Gasteiger partial charge in [0, 0.05) is 24.8 Å². The van der Waals surface area contributed by atoms with Crippen molar-refractivity contribution in [1.82, 2.24) is 15.6 Å². The Labute approximate surface area is 214 Å². The second-order valence-corrected chi connectivity index (χ2v) is 8.64. The van der Waals surface area contributed by atoms with Crippen LogP contribution in [0.5, 0.6) is 11.5 Å². The average Bonchev–Trinajstić information content (AvgIpc) is 2.80. The van der Waals surface area contributed by atoms with Gasteiger partial charge >= 0.3 is 0 Å². The molecule has 0 saturated heterocycles. The van der Waals surface area contributed by atoms with Crippen LogP contribution in [0.15, 0.2) is 36.7 Å². The van der Waals surface area contributed by atoms with Crippen LogP contribution in [0, 0.1) is 6.92 Å². The van der Waals surface area contributed by atoms with E-state index in [9.17, 15) is 14.0 Å². The van der Waals surface area contributed by atoms with Gasteiger partial charge in [0.05, 0.1) is 12.3 Å². The van der Waals surface area contributed by atoms with E-state index in [1.807, 2.05) is 13.0 Å². The number of hydrogen-bond donors (Lipinski definition) is 2. The Morgan fingerprint density at radius 3 is 2.44 bits per heavy atom. The summed E-state index contributed by atoms with van der Waals surface area (Å²) in [5, 5.41) is 5.45. The zero-order valence-electron chi connectivity index (χ0n) is 19.4. The van der Waals surface area contributed by atoms with Crippen LogP contribution in [0.4, 0.5) is 4.39 Å². The molecule has 0 aliphatic carbocycles. The summed E-state index contributed by atoms with van der Waals surface area (Å²) in [6.07, 6.45) is 2.99. The molecule has 1 heterocycles. The fraction of sp³-hybridized carbons (Fsp3) is 0.435. The monoisotopic (exact) mass is 583 g/mol. The second kappa shape index (κ2) is 13.5. The van der Waals surface area contributed by atoms with Gasteiger partial charge in [-0.1, -0.05) is 17.1 Å². The Morgan fingerprint density at radius 1 is 1.12 bits per heavy atom. The predicted molar refractivity (Wildman–Crippen MR) is 135 cm³/mol. The zero-order valence-corrected chi connectivity index (χ0v) is 21.6. The van der Waals surface area contributed by atoms with Gasteiger partial charge in [0.15, 0.2) is 13.2 Å². The Hall–Kier alpha value is -2.41. The summed E-state index contributed by atoms with van der Waals surface area (Å²) in [5.41, 5.74) is 0.336. The molecule has 1 aromatic heterocycles. The Kier molecular flexibility index (Phi) is 11.0. The summed E-state index contributed by atoms with van der Waals surface area (Å²) in [7, 11) is 5.83. The Balaban J connectivity index is 1.65. The van der Waals surface area contributed by atoms with E-state index >= 15 is 0 Å². The standard InChI is InChI=1S/C23H28BFIN3O5/c1-15-4-5-17(9-20(15)24)32-13-21(30)28-7-6-18(34-26)12-29-22(31)14-33-19-8-16(10-27-11-19)23(2,3)25/h4-5,8-11,18H,6-7,12-14H2,1-3H3,(H,28,30)(H,29,31). The number of halogens is 2. The molecule has 182 valence electrons. The summed E-state index contributed by atoms with van der Waals surface area (Å²) in [6.45, 7) is 4.91. The molecule has 1 atom stereocenters. The fourth-order valence-corrected chi connectivity index (χ4v) is 3.14. The molecule has 0 saturated carbocycles. The SMILES string of the molecule is [B]c1cc(OCC(=O)NCCC(CNC(=O)COc2cncc(C(C)(C)F)c2)OI)ccc1C. The fourth-order valence-electron chi connectivity index (χ4n) is 2.71. The van der Waals surface area contributed by atoms with Crippen molar-refractivity contribution in [3.05, 3.63) is 47.8 Å². The number of alkyl halides is 1. The number of pyridine rings is 1. The molecular formula is C23H28BFIN3O5. The lowest BCUT2D eigenvalue weighted by Crippen LogP contribution is -2.38. The quantitative estimate of drug-likeness (QED) is 0.278. The zero-order chi connectivity index (χ0) is 25.1. The van der Waals surface area contributed by atoms with Crippen LogP contribution in [0.2, 0.25) is 0 Å².